The molecule has 0 spiro atoms. The van der Waals surface area contributed by atoms with Gasteiger partial charge in [-0.05, 0) is 19.1 Å². The van der Waals surface area contributed by atoms with Crippen LogP contribution in [0.5, 0.6) is 0 Å². The Morgan fingerprint density at radius 2 is 1.93 bits per heavy atom. The molecule has 1 atom stereocenters. The fraction of sp³-hybridized carbons (Fsp3) is 0.417. The van der Waals surface area contributed by atoms with Crippen LogP contribution in [-0.2, 0) is 9.47 Å². The van der Waals surface area contributed by atoms with Crippen molar-refractivity contribution in [2.75, 3.05) is 6.61 Å². The molecule has 0 N–H and O–H groups in total. The lowest BCUT2D eigenvalue weighted by Crippen LogP contribution is -2.20. The Labute approximate surface area is 90.0 Å². The van der Waals surface area contributed by atoms with Crippen molar-refractivity contribution in [2.24, 2.45) is 0 Å². The highest BCUT2D eigenvalue weighted by atomic mass is 16.7. The van der Waals surface area contributed by atoms with Gasteiger partial charge in [-0.3, -0.25) is 0 Å². The number of ether oxygens (including phenoxy) is 2. The third-order valence-electron chi connectivity index (χ3n) is 1.93. The van der Waals surface area contributed by atoms with Crippen molar-refractivity contribution in [1.82, 2.24) is 0 Å². The predicted octanol–water partition coefficient (Wildman–Crippen LogP) is 2.62. The van der Waals surface area contributed by atoms with Crippen molar-refractivity contribution in [2.45, 2.75) is 26.6 Å². The van der Waals surface area contributed by atoms with Crippen LogP contribution in [0.25, 0.3) is 0 Å². The molecule has 0 heterocycles. The zero-order valence-electron chi connectivity index (χ0n) is 9.10. The van der Waals surface area contributed by atoms with E-state index in [-0.39, 0.29) is 5.97 Å². The summed E-state index contributed by atoms with van der Waals surface area (Å²) in [6.07, 6.45) is 0.217. The highest BCUT2D eigenvalue weighted by Crippen LogP contribution is 2.06. The molecule has 1 unspecified atom stereocenters. The predicted molar refractivity (Wildman–Crippen MR) is 57.6 cm³/mol. The lowest BCUT2D eigenvalue weighted by atomic mass is 10.2. The molecule has 3 nitrogen and oxygen atoms in total. The van der Waals surface area contributed by atoms with E-state index in [2.05, 4.69) is 0 Å². The molecule has 1 aromatic carbocycles. The quantitative estimate of drug-likeness (QED) is 0.551. The number of hydrogen-bond donors (Lipinski definition) is 0. The van der Waals surface area contributed by atoms with Gasteiger partial charge in [-0.15, -0.1) is 0 Å². The van der Waals surface area contributed by atoms with Gasteiger partial charge in [0.1, 0.15) is 0 Å². The van der Waals surface area contributed by atoms with Gasteiger partial charge in [-0.25, -0.2) is 4.79 Å². The summed E-state index contributed by atoms with van der Waals surface area (Å²) in [5, 5.41) is 0. The normalized spacial score (nSPS) is 12.1. The smallest absolute Gasteiger partial charge is 0.340 e. The number of benzene rings is 1. The van der Waals surface area contributed by atoms with E-state index < -0.39 is 6.29 Å². The summed E-state index contributed by atoms with van der Waals surface area (Å²) in [6, 6.07) is 8.91. The summed E-state index contributed by atoms with van der Waals surface area (Å²) in [7, 11) is 0. The van der Waals surface area contributed by atoms with E-state index in [0.29, 0.717) is 18.6 Å². The zero-order valence-corrected chi connectivity index (χ0v) is 9.10. The molecule has 0 aliphatic rings. The number of esters is 1. The van der Waals surface area contributed by atoms with E-state index in [1.807, 2.05) is 19.9 Å². The van der Waals surface area contributed by atoms with Crippen molar-refractivity contribution < 1.29 is 14.3 Å². The Morgan fingerprint density at radius 3 is 2.47 bits per heavy atom. The van der Waals surface area contributed by atoms with E-state index in [1.165, 1.54) is 0 Å². The first-order chi connectivity index (χ1) is 7.27. The minimum Gasteiger partial charge on any atom is -0.432 e. The third-order valence-corrected chi connectivity index (χ3v) is 1.93. The second-order valence-electron chi connectivity index (χ2n) is 3.06. The molecule has 0 amide bonds. The van der Waals surface area contributed by atoms with Crippen LogP contribution in [0.4, 0.5) is 0 Å². The summed E-state index contributed by atoms with van der Waals surface area (Å²) >= 11 is 0. The van der Waals surface area contributed by atoms with Crippen molar-refractivity contribution in [3.05, 3.63) is 35.9 Å². The lowest BCUT2D eigenvalue weighted by molar-refractivity contribution is -0.107. The fourth-order valence-electron chi connectivity index (χ4n) is 1.18. The van der Waals surface area contributed by atoms with Gasteiger partial charge in [-0.2, -0.15) is 0 Å². The van der Waals surface area contributed by atoms with Gasteiger partial charge >= 0.3 is 5.97 Å². The number of hydrogen-bond acceptors (Lipinski definition) is 3. The summed E-state index contributed by atoms with van der Waals surface area (Å²) in [4.78, 5) is 11.6. The van der Waals surface area contributed by atoms with Crippen LogP contribution < -0.4 is 0 Å². The molecular formula is C12H16O3. The summed E-state index contributed by atoms with van der Waals surface area (Å²) in [6.45, 7) is 4.33. The van der Waals surface area contributed by atoms with E-state index in [1.54, 1.807) is 24.3 Å². The van der Waals surface area contributed by atoms with Crippen LogP contribution in [0.1, 0.15) is 30.6 Å². The summed E-state index contributed by atoms with van der Waals surface area (Å²) < 4.78 is 10.4. The van der Waals surface area contributed by atoms with Crippen LogP contribution in [-0.4, -0.2) is 18.9 Å². The number of rotatable bonds is 5. The minimum absolute atomic E-state index is 0.337. The number of carbonyl (C=O) groups excluding carboxylic acids is 1. The molecule has 0 fully saturated rings. The van der Waals surface area contributed by atoms with E-state index >= 15 is 0 Å². The van der Waals surface area contributed by atoms with Crippen molar-refractivity contribution in [3.8, 4) is 0 Å². The Hall–Kier alpha value is -1.35. The molecule has 15 heavy (non-hydrogen) atoms. The van der Waals surface area contributed by atoms with E-state index in [4.69, 9.17) is 9.47 Å². The third kappa shape index (κ3) is 3.72. The topological polar surface area (TPSA) is 35.5 Å². The Bertz CT molecular complexity index is 295. The molecule has 0 saturated carbocycles. The number of carbonyl (C=O) groups is 1. The first-order valence-electron chi connectivity index (χ1n) is 5.15. The monoisotopic (exact) mass is 208 g/mol. The first kappa shape index (κ1) is 11.7. The Kier molecular flexibility index (Phi) is 4.84. The molecule has 0 bridgehead atoms. The maximum Gasteiger partial charge on any atom is 0.340 e. The Balaban J connectivity index is 2.55. The molecule has 0 aromatic heterocycles. The maximum atomic E-state index is 11.6. The van der Waals surface area contributed by atoms with Crippen LogP contribution in [0.2, 0.25) is 0 Å². The standard InChI is InChI=1S/C12H16O3/c1-3-11(14-4-2)15-12(13)10-8-6-5-7-9-10/h5-9,11H,3-4H2,1-2H3. The molecule has 1 aromatic rings. The van der Waals surface area contributed by atoms with Crippen LogP contribution in [0.15, 0.2) is 30.3 Å². The van der Waals surface area contributed by atoms with E-state index in [9.17, 15) is 4.79 Å². The van der Waals surface area contributed by atoms with Gasteiger partial charge < -0.3 is 9.47 Å². The lowest BCUT2D eigenvalue weighted by Gasteiger charge is -2.15. The largest absolute Gasteiger partial charge is 0.432 e. The zero-order chi connectivity index (χ0) is 11.1. The minimum atomic E-state index is -0.442. The van der Waals surface area contributed by atoms with Crippen LogP contribution in [0.3, 0.4) is 0 Å². The second kappa shape index (κ2) is 6.19. The molecule has 82 valence electrons. The van der Waals surface area contributed by atoms with Crippen LogP contribution >= 0.6 is 0 Å². The Morgan fingerprint density at radius 1 is 1.27 bits per heavy atom. The molecule has 1 rings (SSSR count). The summed E-state index contributed by atoms with van der Waals surface area (Å²) in [5.74, 6) is -0.337. The van der Waals surface area contributed by atoms with Gasteiger partial charge in [0.2, 0.25) is 6.29 Å². The van der Waals surface area contributed by atoms with Crippen molar-refractivity contribution >= 4 is 5.97 Å². The van der Waals surface area contributed by atoms with Gasteiger partial charge in [-0.1, -0.05) is 25.1 Å². The van der Waals surface area contributed by atoms with E-state index in [0.717, 1.165) is 0 Å². The molecule has 0 radical (unpaired) electrons. The molecule has 0 aliphatic heterocycles. The molecule has 3 heteroatoms. The first-order valence-corrected chi connectivity index (χ1v) is 5.15. The maximum absolute atomic E-state index is 11.6. The van der Waals surface area contributed by atoms with Gasteiger partial charge in [0, 0.05) is 13.0 Å². The molecular weight excluding hydrogens is 192 g/mol. The average Bonchev–Trinajstić information content (AvgIpc) is 2.29. The summed E-state index contributed by atoms with van der Waals surface area (Å²) in [5.41, 5.74) is 0.552. The SMILES string of the molecule is CCOC(CC)OC(=O)c1ccccc1. The van der Waals surface area contributed by atoms with Gasteiger partial charge in [0.05, 0.1) is 5.56 Å². The van der Waals surface area contributed by atoms with Crippen molar-refractivity contribution in [1.29, 1.82) is 0 Å². The van der Waals surface area contributed by atoms with Gasteiger partial charge in [0.15, 0.2) is 0 Å². The molecule has 0 aliphatic carbocycles. The second-order valence-corrected chi connectivity index (χ2v) is 3.06. The highest BCUT2D eigenvalue weighted by molar-refractivity contribution is 5.89. The highest BCUT2D eigenvalue weighted by Gasteiger charge is 2.13. The van der Waals surface area contributed by atoms with Gasteiger partial charge in [0.25, 0.3) is 0 Å². The average molecular weight is 208 g/mol. The van der Waals surface area contributed by atoms with Crippen LogP contribution in [0, 0.1) is 0 Å². The fourth-order valence-corrected chi connectivity index (χ4v) is 1.18. The molecule has 0 saturated heterocycles. The van der Waals surface area contributed by atoms with Crippen molar-refractivity contribution in [3.63, 3.8) is 0 Å².